The first-order chi connectivity index (χ1) is 9.10. The van der Waals surface area contributed by atoms with Gasteiger partial charge < -0.3 is 15.7 Å². The van der Waals surface area contributed by atoms with E-state index in [1.165, 1.54) is 4.90 Å². The smallest absolute Gasteiger partial charge is 0.326 e. The molecule has 0 aliphatic carbocycles. The molecule has 3 unspecified atom stereocenters. The molecule has 5 heteroatoms. The molecule has 3 atom stereocenters. The van der Waals surface area contributed by atoms with Gasteiger partial charge in [0.1, 0.15) is 6.04 Å². The summed E-state index contributed by atoms with van der Waals surface area (Å²) >= 11 is 0. The number of aliphatic carboxylic acids is 1. The van der Waals surface area contributed by atoms with Crippen molar-refractivity contribution >= 4 is 11.9 Å². The molecule has 1 aliphatic rings. The van der Waals surface area contributed by atoms with Crippen LogP contribution >= 0.6 is 0 Å². The fourth-order valence-corrected chi connectivity index (χ4v) is 2.87. The first-order valence-corrected chi connectivity index (χ1v) is 7.38. The second-order valence-electron chi connectivity index (χ2n) is 7.30. The predicted octanol–water partition coefficient (Wildman–Crippen LogP) is 1.85. The van der Waals surface area contributed by atoms with Gasteiger partial charge in [0, 0.05) is 19.0 Å². The Hall–Kier alpha value is -1.10. The van der Waals surface area contributed by atoms with Gasteiger partial charge in [-0.25, -0.2) is 4.79 Å². The molecule has 116 valence electrons. The third-order valence-corrected chi connectivity index (χ3v) is 3.78. The van der Waals surface area contributed by atoms with Crippen LogP contribution in [0.3, 0.4) is 0 Å². The van der Waals surface area contributed by atoms with E-state index in [0.717, 1.165) is 12.8 Å². The number of hydrogen-bond acceptors (Lipinski definition) is 3. The second-order valence-corrected chi connectivity index (χ2v) is 7.30. The van der Waals surface area contributed by atoms with Crippen LogP contribution in [0.4, 0.5) is 0 Å². The van der Waals surface area contributed by atoms with Crippen LogP contribution in [0.1, 0.15) is 53.4 Å². The molecule has 0 aromatic carbocycles. The van der Waals surface area contributed by atoms with E-state index in [9.17, 15) is 14.7 Å². The zero-order chi connectivity index (χ0) is 15.5. The van der Waals surface area contributed by atoms with E-state index in [0.29, 0.717) is 18.9 Å². The van der Waals surface area contributed by atoms with Crippen LogP contribution < -0.4 is 5.73 Å². The molecule has 0 saturated carbocycles. The molecule has 1 amide bonds. The lowest BCUT2D eigenvalue weighted by Crippen LogP contribution is -2.51. The summed E-state index contributed by atoms with van der Waals surface area (Å²) in [4.78, 5) is 25.1. The number of nitrogens with zero attached hydrogens (tertiary/aromatic N) is 1. The van der Waals surface area contributed by atoms with E-state index in [-0.39, 0.29) is 23.8 Å². The second kappa shape index (κ2) is 6.57. The van der Waals surface area contributed by atoms with Crippen LogP contribution in [0.25, 0.3) is 0 Å². The van der Waals surface area contributed by atoms with Gasteiger partial charge in [0.15, 0.2) is 0 Å². The number of hydrogen-bond donors (Lipinski definition) is 2. The summed E-state index contributed by atoms with van der Waals surface area (Å²) in [5.41, 5.74) is 6.09. The quantitative estimate of drug-likeness (QED) is 0.825. The number of carboxylic acid groups (broad SMARTS) is 1. The molecule has 0 aromatic heterocycles. The number of carbonyl (C=O) groups is 2. The predicted molar refractivity (Wildman–Crippen MR) is 78.2 cm³/mol. The summed E-state index contributed by atoms with van der Waals surface area (Å²) in [6, 6.07) is -0.899. The first kappa shape index (κ1) is 17.0. The fraction of sp³-hybridized carbons (Fsp3) is 0.867. The van der Waals surface area contributed by atoms with Crippen LogP contribution in [0.5, 0.6) is 0 Å². The molecule has 20 heavy (non-hydrogen) atoms. The summed E-state index contributed by atoms with van der Waals surface area (Å²) in [5.74, 6) is -0.682. The van der Waals surface area contributed by atoms with Gasteiger partial charge in [-0.1, -0.05) is 27.7 Å². The highest BCUT2D eigenvalue weighted by Gasteiger charge is 2.35. The van der Waals surface area contributed by atoms with Gasteiger partial charge in [-0.15, -0.1) is 0 Å². The van der Waals surface area contributed by atoms with E-state index in [2.05, 4.69) is 20.8 Å². The summed E-state index contributed by atoms with van der Waals surface area (Å²) in [5, 5.41) is 9.27. The van der Waals surface area contributed by atoms with Gasteiger partial charge in [-0.2, -0.15) is 0 Å². The summed E-state index contributed by atoms with van der Waals surface area (Å²) in [6.45, 7) is 8.81. The maximum atomic E-state index is 12.3. The number of nitrogens with two attached hydrogens (primary N) is 1. The zero-order valence-electron chi connectivity index (χ0n) is 13.1. The average molecular weight is 284 g/mol. The van der Waals surface area contributed by atoms with Crippen LogP contribution in [-0.4, -0.2) is 40.5 Å². The fourth-order valence-electron chi connectivity index (χ4n) is 2.87. The van der Waals surface area contributed by atoms with Gasteiger partial charge in [-0.05, 0) is 30.6 Å². The third kappa shape index (κ3) is 5.12. The molecule has 1 heterocycles. The number of carboxylic acids is 1. The molecule has 0 radical (unpaired) electrons. The number of amides is 1. The maximum absolute atomic E-state index is 12.3. The molecule has 0 aromatic rings. The summed E-state index contributed by atoms with van der Waals surface area (Å²) in [6.07, 6.45) is 2.38. The monoisotopic (exact) mass is 284 g/mol. The van der Waals surface area contributed by atoms with Crippen molar-refractivity contribution in [3.8, 4) is 0 Å². The van der Waals surface area contributed by atoms with Crippen molar-refractivity contribution in [1.82, 2.24) is 4.90 Å². The molecule has 1 rings (SSSR count). The van der Waals surface area contributed by atoms with Crippen LogP contribution in [-0.2, 0) is 9.59 Å². The molecular weight excluding hydrogens is 256 g/mol. The Kier molecular flexibility index (Phi) is 5.57. The molecule has 0 bridgehead atoms. The molecule has 1 aliphatic heterocycles. The lowest BCUT2D eigenvalue weighted by atomic mass is 9.86. The highest BCUT2D eigenvalue weighted by atomic mass is 16.4. The Morgan fingerprint density at radius 3 is 2.50 bits per heavy atom. The number of rotatable bonds is 4. The van der Waals surface area contributed by atoms with Gasteiger partial charge in [0.05, 0.1) is 0 Å². The maximum Gasteiger partial charge on any atom is 0.326 e. The van der Waals surface area contributed by atoms with E-state index < -0.39 is 12.0 Å². The minimum Gasteiger partial charge on any atom is -0.480 e. The van der Waals surface area contributed by atoms with E-state index in [1.807, 2.05) is 6.92 Å². The van der Waals surface area contributed by atoms with Crippen molar-refractivity contribution in [1.29, 1.82) is 0 Å². The van der Waals surface area contributed by atoms with Crippen molar-refractivity contribution in [3.63, 3.8) is 0 Å². The van der Waals surface area contributed by atoms with Crippen molar-refractivity contribution in [2.24, 2.45) is 17.1 Å². The Labute approximate surface area is 121 Å². The Morgan fingerprint density at radius 2 is 2.00 bits per heavy atom. The van der Waals surface area contributed by atoms with Gasteiger partial charge in [0.25, 0.3) is 0 Å². The van der Waals surface area contributed by atoms with Crippen LogP contribution in [0.2, 0.25) is 0 Å². The van der Waals surface area contributed by atoms with Crippen molar-refractivity contribution in [3.05, 3.63) is 0 Å². The Bertz CT molecular complexity index is 363. The molecule has 5 nitrogen and oxygen atoms in total. The Morgan fingerprint density at radius 1 is 1.40 bits per heavy atom. The molecule has 3 N–H and O–H groups in total. The number of piperidine rings is 1. The van der Waals surface area contributed by atoms with Crippen molar-refractivity contribution in [2.75, 3.05) is 6.54 Å². The molecule has 1 saturated heterocycles. The van der Waals surface area contributed by atoms with Gasteiger partial charge >= 0.3 is 5.97 Å². The van der Waals surface area contributed by atoms with Crippen LogP contribution in [0, 0.1) is 11.3 Å². The largest absolute Gasteiger partial charge is 0.480 e. The van der Waals surface area contributed by atoms with Crippen molar-refractivity contribution in [2.45, 2.75) is 65.5 Å². The number of carbonyl (C=O) groups excluding carboxylic acids is 1. The van der Waals surface area contributed by atoms with E-state index in [4.69, 9.17) is 5.73 Å². The zero-order valence-corrected chi connectivity index (χ0v) is 13.1. The number of likely N-dealkylation sites (tertiary alicyclic amines) is 1. The normalized spacial score (nSPS) is 25.4. The summed E-state index contributed by atoms with van der Waals surface area (Å²) < 4.78 is 0. The standard InChI is InChI=1S/C15H28N2O3/c1-10-5-6-17(12(7-10)14(19)20)13(18)8-11(16)9-15(2,3)4/h10-12H,5-9,16H2,1-4H3,(H,19,20). The highest BCUT2D eigenvalue weighted by molar-refractivity contribution is 5.84. The Balaban J connectivity index is 2.63. The van der Waals surface area contributed by atoms with Gasteiger partial charge in [0.2, 0.25) is 5.91 Å². The first-order valence-electron chi connectivity index (χ1n) is 7.38. The molecule has 1 fully saturated rings. The molecule has 0 spiro atoms. The lowest BCUT2D eigenvalue weighted by Gasteiger charge is -2.36. The SMILES string of the molecule is CC1CCN(C(=O)CC(N)CC(C)(C)C)C(C(=O)O)C1. The topological polar surface area (TPSA) is 83.6 Å². The minimum atomic E-state index is -0.908. The van der Waals surface area contributed by atoms with E-state index >= 15 is 0 Å². The summed E-state index contributed by atoms with van der Waals surface area (Å²) in [7, 11) is 0. The van der Waals surface area contributed by atoms with Gasteiger partial charge in [-0.3, -0.25) is 4.79 Å². The molecular formula is C15H28N2O3. The van der Waals surface area contributed by atoms with Crippen LogP contribution in [0.15, 0.2) is 0 Å². The highest BCUT2D eigenvalue weighted by Crippen LogP contribution is 2.25. The lowest BCUT2D eigenvalue weighted by molar-refractivity contribution is -0.153. The minimum absolute atomic E-state index is 0.0717. The van der Waals surface area contributed by atoms with E-state index in [1.54, 1.807) is 0 Å². The average Bonchev–Trinajstić information content (AvgIpc) is 2.25. The van der Waals surface area contributed by atoms with Crippen molar-refractivity contribution < 1.29 is 14.7 Å². The third-order valence-electron chi connectivity index (χ3n) is 3.78.